The monoisotopic (exact) mass is 258 g/mol. The SMILES string of the molecule is Cc1ccc(S(=O)(=O)OCC#CCCl)cc1. The number of aryl methyl sites for hydroxylation is 1. The van der Waals surface area contributed by atoms with Gasteiger partial charge in [0.05, 0.1) is 10.8 Å². The van der Waals surface area contributed by atoms with Crippen molar-refractivity contribution in [2.45, 2.75) is 11.8 Å². The van der Waals surface area contributed by atoms with E-state index in [0.29, 0.717) is 0 Å². The summed E-state index contributed by atoms with van der Waals surface area (Å²) >= 11 is 5.31. The van der Waals surface area contributed by atoms with Crippen molar-refractivity contribution < 1.29 is 12.6 Å². The second kappa shape index (κ2) is 5.90. The fourth-order valence-electron chi connectivity index (χ4n) is 0.978. The first-order valence-corrected chi connectivity index (χ1v) is 6.48. The molecule has 1 aromatic rings. The molecule has 0 aliphatic carbocycles. The molecule has 3 nitrogen and oxygen atoms in total. The van der Waals surface area contributed by atoms with Crippen LogP contribution in [0, 0.1) is 18.8 Å². The van der Waals surface area contributed by atoms with Gasteiger partial charge in [0.25, 0.3) is 10.1 Å². The number of alkyl halides is 1. The summed E-state index contributed by atoms with van der Waals surface area (Å²) < 4.78 is 27.9. The van der Waals surface area contributed by atoms with Crippen LogP contribution in [0.2, 0.25) is 0 Å². The maximum atomic E-state index is 11.6. The molecule has 1 rings (SSSR count). The van der Waals surface area contributed by atoms with Gasteiger partial charge < -0.3 is 0 Å². The van der Waals surface area contributed by atoms with E-state index in [0.717, 1.165) is 5.56 Å². The van der Waals surface area contributed by atoms with Crippen LogP contribution in [-0.2, 0) is 14.3 Å². The largest absolute Gasteiger partial charge is 0.297 e. The molecular formula is C11H11ClO3S. The van der Waals surface area contributed by atoms with Crippen molar-refractivity contribution >= 4 is 21.7 Å². The standard InChI is InChI=1S/C11H11ClO3S/c1-10-4-6-11(7-5-10)16(13,14)15-9-3-2-8-12/h4-7H,8-9H2,1H3. The van der Waals surface area contributed by atoms with Gasteiger partial charge in [0.1, 0.15) is 6.61 Å². The van der Waals surface area contributed by atoms with E-state index in [4.69, 9.17) is 15.8 Å². The summed E-state index contributed by atoms with van der Waals surface area (Å²) in [5.74, 6) is 5.16. The second-order valence-electron chi connectivity index (χ2n) is 3.02. The molecule has 0 N–H and O–H groups in total. The summed E-state index contributed by atoms with van der Waals surface area (Å²) in [7, 11) is -3.70. The Labute approximate surface area is 101 Å². The average Bonchev–Trinajstić information content (AvgIpc) is 2.25. The summed E-state index contributed by atoms with van der Waals surface area (Å²) in [6, 6.07) is 6.42. The van der Waals surface area contributed by atoms with Gasteiger partial charge >= 0.3 is 0 Å². The minimum atomic E-state index is -3.70. The normalized spacial score (nSPS) is 10.6. The molecule has 0 saturated heterocycles. The number of benzene rings is 1. The number of halogens is 1. The fourth-order valence-corrected chi connectivity index (χ4v) is 1.89. The molecule has 0 fully saturated rings. The Hall–Kier alpha value is -1.02. The first-order valence-electron chi connectivity index (χ1n) is 4.54. The Kier molecular flexibility index (Phi) is 4.81. The lowest BCUT2D eigenvalue weighted by Gasteiger charge is -2.02. The van der Waals surface area contributed by atoms with E-state index < -0.39 is 10.1 Å². The van der Waals surface area contributed by atoms with E-state index in [-0.39, 0.29) is 17.4 Å². The third-order valence-corrected chi connectivity index (χ3v) is 3.20. The summed E-state index contributed by atoms with van der Waals surface area (Å²) in [4.78, 5) is 0.130. The number of hydrogen-bond donors (Lipinski definition) is 0. The molecule has 86 valence electrons. The van der Waals surface area contributed by atoms with Crippen molar-refractivity contribution in [1.29, 1.82) is 0 Å². The van der Waals surface area contributed by atoms with Crippen molar-refractivity contribution in [2.75, 3.05) is 12.5 Å². The second-order valence-corrected chi connectivity index (χ2v) is 4.90. The van der Waals surface area contributed by atoms with Gasteiger partial charge in [-0.3, -0.25) is 4.18 Å². The van der Waals surface area contributed by atoms with E-state index in [1.54, 1.807) is 12.1 Å². The third-order valence-electron chi connectivity index (χ3n) is 1.79. The van der Waals surface area contributed by atoms with Crippen LogP contribution in [0.5, 0.6) is 0 Å². The lowest BCUT2D eigenvalue weighted by atomic mass is 10.2. The first-order chi connectivity index (χ1) is 7.56. The highest BCUT2D eigenvalue weighted by molar-refractivity contribution is 7.86. The molecule has 0 heterocycles. The van der Waals surface area contributed by atoms with Gasteiger partial charge in [-0.1, -0.05) is 29.5 Å². The minimum Gasteiger partial charge on any atom is -0.253 e. The molecule has 0 radical (unpaired) electrons. The number of rotatable bonds is 3. The molecule has 0 saturated carbocycles. The number of hydrogen-bond acceptors (Lipinski definition) is 3. The molecule has 0 spiro atoms. The summed E-state index contributed by atoms with van der Waals surface area (Å²) in [5.41, 5.74) is 0.987. The molecular weight excluding hydrogens is 248 g/mol. The summed E-state index contributed by atoms with van der Waals surface area (Å²) in [6.45, 7) is 1.70. The maximum absolute atomic E-state index is 11.6. The fraction of sp³-hybridized carbons (Fsp3) is 0.273. The Morgan fingerprint density at radius 2 is 1.88 bits per heavy atom. The third kappa shape index (κ3) is 3.86. The van der Waals surface area contributed by atoms with Crippen molar-refractivity contribution in [3.05, 3.63) is 29.8 Å². The highest BCUT2D eigenvalue weighted by Crippen LogP contribution is 2.12. The van der Waals surface area contributed by atoms with Gasteiger partial charge in [-0.2, -0.15) is 8.42 Å². The Morgan fingerprint density at radius 1 is 1.25 bits per heavy atom. The molecule has 0 aliphatic heterocycles. The van der Waals surface area contributed by atoms with Crippen molar-refractivity contribution in [3.8, 4) is 11.8 Å². The van der Waals surface area contributed by atoms with Gasteiger partial charge in [0.15, 0.2) is 0 Å². The van der Waals surface area contributed by atoms with Crippen LogP contribution < -0.4 is 0 Å². The molecule has 5 heteroatoms. The first kappa shape index (κ1) is 13.0. The minimum absolute atomic E-state index is 0.130. The molecule has 0 aromatic heterocycles. The summed E-state index contributed by atoms with van der Waals surface area (Å²) in [6.07, 6.45) is 0. The molecule has 16 heavy (non-hydrogen) atoms. The zero-order valence-electron chi connectivity index (χ0n) is 8.73. The van der Waals surface area contributed by atoms with Crippen LogP contribution in [0.3, 0.4) is 0 Å². The highest BCUT2D eigenvalue weighted by Gasteiger charge is 2.13. The Balaban J connectivity index is 2.74. The van der Waals surface area contributed by atoms with Crippen LogP contribution in [0.1, 0.15) is 5.56 Å². The van der Waals surface area contributed by atoms with Crippen LogP contribution in [0.15, 0.2) is 29.2 Å². The highest BCUT2D eigenvalue weighted by atomic mass is 35.5. The Morgan fingerprint density at radius 3 is 2.44 bits per heavy atom. The van der Waals surface area contributed by atoms with Crippen LogP contribution >= 0.6 is 11.6 Å². The van der Waals surface area contributed by atoms with Gasteiger partial charge in [0.2, 0.25) is 0 Å². The van der Waals surface area contributed by atoms with Crippen molar-refractivity contribution in [3.63, 3.8) is 0 Å². The summed E-state index contributed by atoms with van der Waals surface area (Å²) in [5, 5.41) is 0. The van der Waals surface area contributed by atoms with E-state index in [1.807, 2.05) is 6.92 Å². The van der Waals surface area contributed by atoms with Gasteiger partial charge in [0, 0.05) is 0 Å². The van der Waals surface area contributed by atoms with Crippen LogP contribution in [-0.4, -0.2) is 20.9 Å². The van der Waals surface area contributed by atoms with Crippen LogP contribution in [0.25, 0.3) is 0 Å². The molecule has 0 bridgehead atoms. The topological polar surface area (TPSA) is 43.4 Å². The zero-order chi connectivity index (χ0) is 12.0. The Bertz CT molecular complexity index is 494. The van der Waals surface area contributed by atoms with E-state index >= 15 is 0 Å². The van der Waals surface area contributed by atoms with E-state index in [1.165, 1.54) is 12.1 Å². The molecule has 0 unspecified atom stereocenters. The van der Waals surface area contributed by atoms with Gasteiger partial charge in [-0.25, -0.2) is 0 Å². The maximum Gasteiger partial charge on any atom is 0.297 e. The van der Waals surface area contributed by atoms with Crippen molar-refractivity contribution in [2.24, 2.45) is 0 Å². The molecule has 0 amide bonds. The predicted molar refractivity (Wildman–Crippen MR) is 62.8 cm³/mol. The van der Waals surface area contributed by atoms with E-state index in [9.17, 15) is 8.42 Å². The van der Waals surface area contributed by atoms with Crippen molar-refractivity contribution in [1.82, 2.24) is 0 Å². The average molecular weight is 259 g/mol. The predicted octanol–water partition coefficient (Wildman–Crippen LogP) is 1.94. The van der Waals surface area contributed by atoms with Crippen LogP contribution in [0.4, 0.5) is 0 Å². The van der Waals surface area contributed by atoms with E-state index in [2.05, 4.69) is 11.8 Å². The van der Waals surface area contributed by atoms with Gasteiger partial charge in [-0.05, 0) is 19.1 Å². The smallest absolute Gasteiger partial charge is 0.253 e. The lowest BCUT2D eigenvalue weighted by Crippen LogP contribution is -2.06. The molecule has 0 atom stereocenters. The molecule has 1 aromatic carbocycles. The van der Waals surface area contributed by atoms with Gasteiger partial charge in [-0.15, -0.1) is 11.6 Å². The molecule has 0 aliphatic rings. The lowest BCUT2D eigenvalue weighted by molar-refractivity contribution is 0.363. The zero-order valence-corrected chi connectivity index (χ0v) is 10.3. The quantitative estimate of drug-likeness (QED) is 0.473.